The number of nitro groups is 1. The molecule has 128 valence electrons. The first-order valence-electron chi connectivity index (χ1n) is 6.51. The van der Waals surface area contributed by atoms with Crippen LogP contribution in [0.4, 0.5) is 24.5 Å². The molecule has 1 amide bonds. The highest BCUT2D eigenvalue weighted by atomic mass is 19.3. The lowest BCUT2D eigenvalue weighted by molar-refractivity contribution is -0.385. The maximum atomic E-state index is 13.1. The van der Waals surface area contributed by atoms with Gasteiger partial charge in [-0.15, -0.1) is 0 Å². The van der Waals surface area contributed by atoms with Gasteiger partial charge in [0.25, 0.3) is 0 Å². The molecule has 0 aliphatic heterocycles. The number of benzene rings is 1. The van der Waals surface area contributed by atoms with Gasteiger partial charge >= 0.3 is 12.3 Å². The predicted molar refractivity (Wildman–Crippen MR) is 75.3 cm³/mol. The summed E-state index contributed by atoms with van der Waals surface area (Å²) in [6, 6.07) is 1.73. The second-order valence-electron chi connectivity index (χ2n) is 4.62. The Morgan fingerprint density at radius 1 is 1.46 bits per heavy atom. The number of amides is 1. The summed E-state index contributed by atoms with van der Waals surface area (Å²) >= 11 is 0. The normalized spacial score (nSPS) is 12.0. The van der Waals surface area contributed by atoms with E-state index < -0.39 is 35.1 Å². The third-order valence-corrected chi connectivity index (χ3v) is 2.99. The minimum absolute atomic E-state index is 0.171. The number of rotatable bonds is 6. The average molecular weight is 344 g/mol. The van der Waals surface area contributed by atoms with E-state index in [0.29, 0.717) is 6.07 Å². The largest absolute Gasteiger partial charge is 0.432 e. The van der Waals surface area contributed by atoms with Gasteiger partial charge < -0.3 is 10.1 Å². The van der Waals surface area contributed by atoms with Crippen LogP contribution in [0.15, 0.2) is 30.6 Å². The number of aromatic nitrogens is 2. The summed E-state index contributed by atoms with van der Waals surface area (Å²) in [4.78, 5) is 22.1. The predicted octanol–water partition coefficient (Wildman–Crippen LogP) is 2.73. The molecule has 0 bridgehead atoms. The smallest absolute Gasteiger partial charge is 0.387 e. The number of nitrogens with zero attached hydrogens (tertiary/aromatic N) is 3. The summed E-state index contributed by atoms with van der Waals surface area (Å²) in [6.07, 6.45) is 2.01. The number of hydrogen-bond acceptors (Lipinski definition) is 5. The molecule has 8 nitrogen and oxygen atoms in total. The first-order chi connectivity index (χ1) is 11.3. The maximum Gasteiger partial charge on any atom is 0.387 e. The van der Waals surface area contributed by atoms with E-state index in [0.717, 1.165) is 29.2 Å². The second kappa shape index (κ2) is 6.98. The van der Waals surface area contributed by atoms with E-state index in [4.69, 9.17) is 0 Å². The van der Waals surface area contributed by atoms with Crippen LogP contribution in [-0.2, 0) is 4.79 Å². The van der Waals surface area contributed by atoms with Crippen molar-refractivity contribution in [3.63, 3.8) is 0 Å². The van der Waals surface area contributed by atoms with Crippen LogP contribution in [0.3, 0.4) is 0 Å². The van der Waals surface area contributed by atoms with Gasteiger partial charge in [0.15, 0.2) is 5.75 Å². The van der Waals surface area contributed by atoms with Gasteiger partial charge in [-0.3, -0.25) is 19.6 Å². The number of hydrogen-bond donors (Lipinski definition) is 1. The van der Waals surface area contributed by atoms with Crippen molar-refractivity contribution >= 4 is 17.3 Å². The van der Waals surface area contributed by atoms with E-state index in [1.165, 1.54) is 6.92 Å². The minimum atomic E-state index is -3.20. The van der Waals surface area contributed by atoms with E-state index >= 15 is 0 Å². The Hall–Kier alpha value is -3.11. The van der Waals surface area contributed by atoms with Crippen LogP contribution < -0.4 is 10.1 Å². The molecule has 1 N–H and O–H groups in total. The van der Waals surface area contributed by atoms with Crippen LogP contribution >= 0.6 is 0 Å². The van der Waals surface area contributed by atoms with Crippen molar-refractivity contribution in [1.29, 1.82) is 0 Å². The van der Waals surface area contributed by atoms with Gasteiger partial charge in [-0.2, -0.15) is 13.9 Å². The molecule has 1 aromatic carbocycles. The van der Waals surface area contributed by atoms with Crippen LogP contribution in [-0.4, -0.2) is 27.2 Å². The molecule has 1 unspecified atom stereocenters. The van der Waals surface area contributed by atoms with Gasteiger partial charge in [0.1, 0.15) is 24.3 Å². The number of carbonyl (C=O) groups is 1. The first-order valence-corrected chi connectivity index (χ1v) is 6.51. The molecule has 0 radical (unpaired) electrons. The molecule has 0 fully saturated rings. The topological polar surface area (TPSA) is 99.3 Å². The monoisotopic (exact) mass is 344 g/mol. The zero-order valence-electron chi connectivity index (χ0n) is 12.1. The summed E-state index contributed by atoms with van der Waals surface area (Å²) in [6.45, 7) is -1.81. The van der Waals surface area contributed by atoms with Crippen molar-refractivity contribution in [2.45, 2.75) is 19.6 Å². The molecule has 2 aromatic rings. The van der Waals surface area contributed by atoms with Crippen LogP contribution in [0.25, 0.3) is 0 Å². The Bertz CT molecular complexity index is 765. The van der Waals surface area contributed by atoms with E-state index in [1.54, 1.807) is 0 Å². The van der Waals surface area contributed by atoms with Gasteiger partial charge in [0.2, 0.25) is 5.91 Å². The molecule has 0 spiro atoms. The van der Waals surface area contributed by atoms with Crippen LogP contribution in [0.2, 0.25) is 0 Å². The molecular weight excluding hydrogens is 333 g/mol. The van der Waals surface area contributed by atoms with Crippen molar-refractivity contribution in [2.75, 3.05) is 5.32 Å². The third kappa shape index (κ3) is 4.00. The number of alkyl halides is 2. The van der Waals surface area contributed by atoms with Crippen molar-refractivity contribution in [2.24, 2.45) is 0 Å². The highest BCUT2D eigenvalue weighted by molar-refractivity contribution is 5.94. The number of halogens is 3. The van der Waals surface area contributed by atoms with Crippen molar-refractivity contribution < 1.29 is 27.6 Å². The fraction of sp³-hybridized carbons (Fsp3) is 0.231. The Balaban J connectivity index is 2.17. The van der Waals surface area contributed by atoms with Crippen molar-refractivity contribution in [1.82, 2.24) is 9.78 Å². The molecule has 1 aromatic heterocycles. The molecule has 0 aliphatic carbocycles. The quantitative estimate of drug-likeness (QED) is 0.642. The van der Waals surface area contributed by atoms with E-state index in [1.807, 2.05) is 0 Å². The molecule has 24 heavy (non-hydrogen) atoms. The number of anilines is 1. The number of ether oxygens (including phenoxy) is 1. The fourth-order valence-electron chi connectivity index (χ4n) is 1.78. The van der Waals surface area contributed by atoms with E-state index in [2.05, 4.69) is 15.2 Å². The van der Waals surface area contributed by atoms with E-state index in [-0.39, 0.29) is 11.4 Å². The second-order valence-corrected chi connectivity index (χ2v) is 4.62. The zero-order valence-corrected chi connectivity index (χ0v) is 12.1. The lowest BCUT2D eigenvalue weighted by Crippen LogP contribution is -2.24. The highest BCUT2D eigenvalue weighted by Crippen LogP contribution is 2.28. The molecule has 0 saturated carbocycles. The average Bonchev–Trinajstić information content (AvgIpc) is 2.98. The van der Waals surface area contributed by atoms with Gasteiger partial charge in [-0.1, -0.05) is 0 Å². The molecule has 2 rings (SSSR count). The molecular formula is C13H11F3N4O4. The summed E-state index contributed by atoms with van der Waals surface area (Å²) in [5, 5.41) is 16.6. The summed E-state index contributed by atoms with van der Waals surface area (Å²) in [5.41, 5.74) is -0.478. The maximum absolute atomic E-state index is 13.1. The number of carbonyl (C=O) groups excluding carboxylic acids is 1. The standard InChI is InChI=1S/C13H11F3N4O4/c1-7(19-6-9(5-17-19)20(22)23)12(21)18-10-3-2-8(14)4-11(10)24-13(15)16/h2-7,13H,1H3,(H,18,21). The molecule has 1 heterocycles. The lowest BCUT2D eigenvalue weighted by Gasteiger charge is -2.15. The zero-order chi connectivity index (χ0) is 17.9. The SMILES string of the molecule is CC(C(=O)Nc1ccc(F)cc1OC(F)F)n1cc([N+](=O)[O-])cn1. The van der Waals surface area contributed by atoms with E-state index in [9.17, 15) is 28.1 Å². The Morgan fingerprint density at radius 2 is 2.17 bits per heavy atom. The summed E-state index contributed by atoms with van der Waals surface area (Å²) in [7, 11) is 0. The molecule has 1 atom stereocenters. The summed E-state index contributed by atoms with van der Waals surface area (Å²) in [5.74, 6) is -2.07. The van der Waals surface area contributed by atoms with Crippen molar-refractivity contribution in [3.05, 3.63) is 46.5 Å². The molecule has 0 saturated heterocycles. The van der Waals surface area contributed by atoms with Crippen LogP contribution in [0, 0.1) is 15.9 Å². The van der Waals surface area contributed by atoms with Gasteiger partial charge in [0.05, 0.1) is 10.6 Å². The Labute approximate surface area is 133 Å². The van der Waals surface area contributed by atoms with Crippen LogP contribution in [0.5, 0.6) is 5.75 Å². The third-order valence-electron chi connectivity index (χ3n) is 2.99. The Kier molecular flexibility index (Phi) is 5.02. The minimum Gasteiger partial charge on any atom is -0.432 e. The lowest BCUT2D eigenvalue weighted by atomic mass is 10.2. The van der Waals surface area contributed by atoms with Gasteiger partial charge in [-0.25, -0.2) is 4.39 Å². The number of nitrogens with one attached hydrogen (secondary N) is 1. The Morgan fingerprint density at radius 3 is 2.75 bits per heavy atom. The van der Waals surface area contributed by atoms with Gasteiger partial charge in [0, 0.05) is 6.07 Å². The first kappa shape index (κ1) is 17.2. The van der Waals surface area contributed by atoms with Crippen LogP contribution in [0.1, 0.15) is 13.0 Å². The summed E-state index contributed by atoms with van der Waals surface area (Å²) < 4.78 is 43.0. The molecule has 0 aliphatic rings. The van der Waals surface area contributed by atoms with Gasteiger partial charge in [-0.05, 0) is 19.1 Å². The molecule has 11 heteroatoms. The highest BCUT2D eigenvalue weighted by Gasteiger charge is 2.21. The fourth-order valence-corrected chi connectivity index (χ4v) is 1.78. The van der Waals surface area contributed by atoms with Crippen molar-refractivity contribution in [3.8, 4) is 5.75 Å².